The summed E-state index contributed by atoms with van der Waals surface area (Å²) >= 11 is 0. The lowest BCUT2D eigenvalue weighted by molar-refractivity contribution is 0.0903. The number of nitriles is 1. The van der Waals surface area contributed by atoms with Gasteiger partial charge < -0.3 is 5.32 Å². The van der Waals surface area contributed by atoms with E-state index in [9.17, 15) is 10.1 Å². The number of nitrogens with one attached hydrogen (secondary N) is 1. The van der Waals surface area contributed by atoms with Gasteiger partial charge in [-0.05, 0) is 35.7 Å². The zero-order valence-corrected chi connectivity index (χ0v) is 11.9. The summed E-state index contributed by atoms with van der Waals surface area (Å²) in [6, 6.07) is 15.9. The number of fused-ring (bicyclic) bond motifs is 1. The molecule has 0 bridgehead atoms. The molecule has 0 saturated heterocycles. The first-order valence-corrected chi connectivity index (χ1v) is 7.45. The molecule has 3 rings (SSSR count). The second kappa shape index (κ2) is 5.57. The number of amides is 1. The Labute approximate surface area is 124 Å². The topological polar surface area (TPSA) is 52.9 Å². The molecule has 2 aromatic rings. The van der Waals surface area contributed by atoms with Crippen molar-refractivity contribution in [3.05, 3.63) is 48.0 Å². The Balaban J connectivity index is 1.85. The fraction of sp³-hybridized carbons (Fsp3) is 0.333. The molecular formula is C18H18N2O. The Morgan fingerprint density at radius 1 is 1.05 bits per heavy atom. The molecule has 0 atom stereocenters. The number of nitrogens with zero attached hydrogens (tertiary/aromatic N) is 1. The minimum atomic E-state index is -0.680. The minimum absolute atomic E-state index is 0.149. The van der Waals surface area contributed by atoms with Crippen molar-refractivity contribution in [2.75, 3.05) is 0 Å². The van der Waals surface area contributed by atoms with Crippen LogP contribution in [-0.4, -0.2) is 11.4 Å². The molecule has 21 heavy (non-hydrogen) atoms. The standard InChI is InChI=1S/C18H18N2O/c19-13-18(10-4-1-5-11-18)20-17(21)16-9-8-14-6-2-3-7-15(14)12-16/h2-3,6-9,12H,1,4-5,10-11H2,(H,20,21). The van der Waals surface area contributed by atoms with E-state index in [1.165, 1.54) is 0 Å². The zero-order chi connectivity index (χ0) is 14.7. The number of carbonyl (C=O) groups excluding carboxylic acids is 1. The van der Waals surface area contributed by atoms with Crippen molar-refractivity contribution in [3.8, 4) is 6.07 Å². The quantitative estimate of drug-likeness (QED) is 0.908. The van der Waals surface area contributed by atoms with Crippen LogP contribution in [0.1, 0.15) is 42.5 Å². The van der Waals surface area contributed by atoms with Crippen molar-refractivity contribution < 1.29 is 4.79 Å². The predicted molar refractivity (Wildman–Crippen MR) is 82.8 cm³/mol. The Morgan fingerprint density at radius 3 is 2.48 bits per heavy atom. The summed E-state index contributed by atoms with van der Waals surface area (Å²) in [6.45, 7) is 0. The highest BCUT2D eigenvalue weighted by molar-refractivity contribution is 5.99. The van der Waals surface area contributed by atoms with E-state index in [1.807, 2.05) is 42.5 Å². The van der Waals surface area contributed by atoms with Crippen LogP contribution in [0.4, 0.5) is 0 Å². The summed E-state index contributed by atoms with van der Waals surface area (Å²) in [5, 5.41) is 14.6. The maximum Gasteiger partial charge on any atom is 0.252 e. The van der Waals surface area contributed by atoms with Crippen LogP contribution in [0.25, 0.3) is 10.8 Å². The molecule has 1 aliphatic carbocycles. The largest absolute Gasteiger partial charge is 0.334 e. The van der Waals surface area contributed by atoms with E-state index < -0.39 is 5.54 Å². The van der Waals surface area contributed by atoms with Crippen molar-refractivity contribution in [1.82, 2.24) is 5.32 Å². The molecule has 0 heterocycles. The summed E-state index contributed by atoms with van der Waals surface area (Å²) in [7, 11) is 0. The van der Waals surface area contributed by atoms with Gasteiger partial charge >= 0.3 is 0 Å². The fourth-order valence-corrected chi connectivity index (χ4v) is 3.04. The number of rotatable bonds is 2. The van der Waals surface area contributed by atoms with Gasteiger partial charge in [-0.1, -0.05) is 49.6 Å². The number of hydrogen-bond acceptors (Lipinski definition) is 2. The number of carbonyl (C=O) groups is 1. The fourth-order valence-electron chi connectivity index (χ4n) is 3.04. The third-order valence-corrected chi connectivity index (χ3v) is 4.29. The zero-order valence-electron chi connectivity index (χ0n) is 11.9. The maximum atomic E-state index is 12.5. The SMILES string of the molecule is N#CC1(NC(=O)c2ccc3ccccc3c2)CCCCC1. The van der Waals surface area contributed by atoms with Gasteiger partial charge in [0.15, 0.2) is 0 Å². The van der Waals surface area contributed by atoms with E-state index in [4.69, 9.17) is 0 Å². The Morgan fingerprint density at radius 2 is 1.76 bits per heavy atom. The van der Waals surface area contributed by atoms with E-state index in [-0.39, 0.29) is 5.91 Å². The van der Waals surface area contributed by atoms with Gasteiger partial charge in [-0.15, -0.1) is 0 Å². The van der Waals surface area contributed by atoms with Crippen LogP contribution in [0, 0.1) is 11.3 Å². The Hall–Kier alpha value is -2.34. The normalized spacial score (nSPS) is 17.1. The van der Waals surface area contributed by atoms with Crippen LogP contribution in [0.3, 0.4) is 0 Å². The van der Waals surface area contributed by atoms with Crippen molar-refractivity contribution >= 4 is 16.7 Å². The summed E-state index contributed by atoms with van der Waals surface area (Å²) < 4.78 is 0. The van der Waals surface area contributed by atoms with E-state index in [2.05, 4.69) is 11.4 Å². The summed E-state index contributed by atoms with van der Waals surface area (Å²) in [4.78, 5) is 12.5. The van der Waals surface area contributed by atoms with Crippen LogP contribution in [0.5, 0.6) is 0 Å². The number of benzene rings is 2. The van der Waals surface area contributed by atoms with Gasteiger partial charge in [0, 0.05) is 5.56 Å². The Bertz CT molecular complexity index is 708. The minimum Gasteiger partial charge on any atom is -0.334 e. The summed E-state index contributed by atoms with van der Waals surface area (Å²) in [5.74, 6) is -0.149. The first kappa shape index (κ1) is 13.6. The lowest BCUT2D eigenvalue weighted by Crippen LogP contribution is -2.48. The van der Waals surface area contributed by atoms with Gasteiger partial charge in [0.1, 0.15) is 5.54 Å². The lowest BCUT2D eigenvalue weighted by Gasteiger charge is -2.31. The van der Waals surface area contributed by atoms with E-state index in [0.717, 1.165) is 42.9 Å². The van der Waals surface area contributed by atoms with E-state index >= 15 is 0 Å². The molecule has 0 aromatic heterocycles. The highest BCUT2D eigenvalue weighted by atomic mass is 16.1. The average molecular weight is 278 g/mol. The monoisotopic (exact) mass is 278 g/mol. The maximum absolute atomic E-state index is 12.5. The molecule has 3 nitrogen and oxygen atoms in total. The lowest BCUT2D eigenvalue weighted by atomic mass is 9.82. The summed E-state index contributed by atoms with van der Waals surface area (Å²) in [5.41, 5.74) is -0.0602. The van der Waals surface area contributed by atoms with Gasteiger partial charge in [-0.2, -0.15) is 5.26 Å². The molecule has 1 saturated carbocycles. The van der Waals surface area contributed by atoms with Crippen molar-refractivity contribution in [1.29, 1.82) is 5.26 Å². The van der Waals surface area contributed by atoms with Gasteiger partial charge in [-0.3, -0.25) is 4.79 Å². The first-order chi connectivity index (χ1) is 10.2. The van der Waals surface area contributed by atoms with Gasteiger partial charge in [-0.25, -0.2) is 0 Å². The van der Waals surface area contributed by atoms with Crippen molar-refractivity contribution in [2.24, 2.45) is 0 Å². The second-order valence-electron chi connectivity index (χ2n) is 5.77. The van der Waals surface area contributed by atoms with Crippen LogP contribution < -0.4 is 5.32 Å². The second-order valence-corrected chi connectivity index (χ2v) is 5.77. The molecular weight excluding hydrogens is 260 g/mol. The van der Waals surface area contributed by atoms with Gasteiger partial charge in [0.05, 0.1) is 6.07 Å². The van der Waals surface area contributed by atoms with Gasteiger partial charge in [0.25, 0.3) is 5.91 Å². The highest BCUT2D eigenvalue weighted by Gasteiger charge is 2.33. The molecule has 3 heteroatoms. The molecule has 0 unspecified atom stereocenters. The average Bonchev–Trinajstić information content (AvgIpc) is 2.55. The predicted octanol–water partition coefficient (Wildman–Crippen LogP) is 3.80. The summed E-state index contributed by atoms with van der Waals surface area (Å²) in [6.07, 6.45) is 4.66. The molecule has 0 radical (unpaired) electrons. The van der Waals surface area contributed by atoms with Crippen LogP contribution in [0.2, 0.25) is 0 Å². The van der Waals surface area contributed by atoms with E-state index in [1.54, 1.807) is 0 Å². The molecule has 0 spiro atoms. The smallest absolute Gasteiger partial charge is 0.252 e. The molecule has 1 aliphatic rings. The molecule has 1 fully saturated rings. The molecule has 1 N–H and O–H groups in total. The van der Waals surface area contributed by atoms with E-state index in [0.29, 0.717) is 5.56 Å². The molecule has 106 valence electrons. The first-order valence-electron chi connectivity index (χ1n) is 7.45. The molecule has 2 aromatic carbocycles. The van der Waals surface area contributed by atoms with Crippen LogP contribution in [0.15, 0.2) is 42.5 Å². The van der Waals surface area contributed by atoms with Crippen LogP contribution >= 0.6 is 0 Å². The van der Waals surface area contributed by atoms with Crippen molar-refractivity contribution in [3.63, 3.8) is 0 Å². The van der Waals surface area contributed by atoms with Gasteiger partial charge in [0.2, 0.25) is 0 Å². The van der Waals surface area contributed by atoms with Crippen LogP contribution in [-0.2, 0) is 0 Å². The third-order valence-electron chi connectivity index (χ3n) is 4.29. The highest BCUT2D eigenvalue weighted by Crippen LogP contribution is 2.28. The molecule has 1 amide bonds. The third kappa shape index (κ3) is 2.75. The Kier molecular flexibility index (Phi) is 3.62. The van der Waals surface area contributed by atoms with Crippen molar-refractivity contribution in [2.45, 2.75) is 37.6 Å². The number of hydrogen-bond donors (Lipinski definition) is 1. The molecule has 0 aliphatic heterocycles.